The van der Waals surface area contributed by atoms with E-state index in [1.54, 1.807) is 18.2 Å². The number of aromatic nitrogens is 2. The second-order valence-electron chi connectivity index (χ2n) is 8.69. The van der Waals surface area contributed by atoms with Crippen LogP contribution < -0.4 is 11.1 Å². The van der Waals surface area contributed by atoms with Crippen LogP contribution in [0.1, 0.15) is 28.8 Å². The Hall–Kier alpha value is -3.92. The first kappa shape index (κ1) is 25.2. The number of phenols is 1. The largest absolute Gasteiger partial charge is 0.507 e. The van der Waals surface area contributed by atoms with Gasteiger partial charge in [0.05, 0.1) is 25.0 Å². The monoisotopic (exact) mass is 498 g/mol. The number of nitrogens with two attached hydrogens (primary N) is 1. The third kappa shape index (κ3) is 4.90. The summed E-state index contributed by atoms with van der Waals surface area (Å²) < 4.78 is 26.9. The van der Waals surface area contributed by atoms with Crippen molar-refractivity contribution in [1.29, 1.82) is 5.26 Å². The number of alkyl halides is 1. The summed E-state index contributed by atoms with van der Waals surface area (Å²) >= 11 is 0. The van der Waals surface area contributed by atoms with Gasteiger partial charge < -0.3 is 30.4 Å². The van der Waals surface area contributed by atoms with Gasteiger partial charge in [-0.1, -0.05) is 12.1 Å². The molecule has 0 radical (unpaired) electrons. The standard InChI is InChI=1S/C24H27FN6O5/c1-35-23(34)28-22-18(21(27)33)12-31(29-22)24(5-7-26)6-8-30(13-20(24)25)11-15-2-3-17(19(32)10-15)16-4-9-36-14-16/h2-4,9-10,12,14,20,23,32,34H,5-6,8,11,13H2,1H3,(H2,27,33)(H,28,29). The molecule has 5 N–H and O–H groups in total. The van der Waals surface area contributed by atoms with Gasteiger partial charge >= 0.3 is 0 Å². The molecule has 3 unspecified atom stereocenters. The second kappa shape index (κ2) is 10.4. The van der Waals surface area contributed by atoms with Gasteiger partial charge in [-0.05, 0) is 24.1 Å². The number of methoxy groups -OCH3 is 1. The smallest absolute Gasteiger partial charge is 0.254 e. The third-order valence-electron chi connectivity index (χ3n) is 6.47. The number of benzene rings is 1. The van der Waals surface area contributed by atoms with Crippen LogP contribution in [0.3, 0.4) is 0 Å². The number of nitrogens with zero attached hydrogens (tertiary/aromatic N) is 4. The van der Waals surface area contributed by atoms with E-state index in [4.69, 9.17) is 14.9 Å². The molecule has 2 aromatic heterocycles. The van der Waals surface area contributed by atoms with Gasteiger partial charge in [0.2, 0.25) is 6.41 Å². The minimum absolute atomic E-state index is 0.00114. The lowest BCUT2D eigenvalue weighted by Gasteiger charge is -2.43. The molecule has 11 nitrogen and oxygen atoms in total. The Labute approximate surface area is 206 Å². The molecule has 3 atom stereocenters. The maximum absolute atomic E-state index is 15.8. The first-order valence-corrected chi connectivity index (χ1v) is 11.2. The molecule has 1 aromatic carbocycles. The maximum Gasteiger partial charge on any atom is 0.254 e. The van der Waals surface area contributed by atoms with E-state index in [0.717, 1.165) is 11.1 Å². The normalized spacial score (nSPS) is 21.1. The third-order valence-corrected chi connectivity index (χ3v) is 6.47. The molecule has 12 heteroatoms. The summed E-state index contributed by atoms with van der Waals surface area (Å²) in [7, 11) is 1.24. The van der Waals surface area contributed by atoms with Crippen molar-refractivity contribution in [2.45, 2.75) is 37.5 Å². The number of carbonyl (C=O) groups excluding carboxylic acids is 1. The van der Waals surface area contributed by atoms with Crippen molar-refractivity contribution in [2.75, 3.05) is 25.5 Å². The highest BCUT2D eigenvalue weighted by molar-refractivity contribution is 5.97. The highest BCUT2D eigenvalue weighted by atomic mass is 19.1. The molecular formula is C24H27FN6O5. The predicted molar refractivity (Wildman–Crippen MR) is 126 cm³/mol. The van der Waals surface area contributed by atoms with Gasteiger partial charge in [0.15, 0.2) is 5.82 Å². The molecular weight excluding hydrogens is 471 g/mol. The van der Waals surface area contributed by atoms with Gasteiger partial charge in [-0.2, -0.15) is 10.4 Å². The van der Waals surface area contributed by atoms with Crippen molar-refractivity contribution < 1.29 is 28.6 Å². The SMILES string of the molecule is COC(O)Nc1nn(C2(CC#N)CCN(Cc3ccc(-c4ccoc4)c(O)c3)CC2F)cc1C(N)=O. The summed E-state index contributed by atoms with van der Waals surface area (Å²) in [6.07, 6.45) is 1.43. The molecule has 1 saturated heterocycles. The van der Waals surface area contributed by atoms with Crippen molar-refractivity contribution in [3.8, 4) is 22.9 Å². The van der Waals surface area contributed by atoms with Gasteiger partial charge in [0, 0.05) is 44.1 Å². The number of hydrogen-bond donors (Lipinski definition) is 4. The Morgan fingerprint density at radius 3 is 2.92 bits per heavy atom. The molecule has 3 aromatic rings. The molecule has 1 aliphatic heterocycles. The van der Waals surface area contributed by atoms with Crippen molar-refractivity contribution in [1.82, 2.24) is 14.7 Å². The molecule has 1 amide bonds. The Morgan fingerprint density at radius 2 is 2.31 bits per heavy atom. The van der Waals surface area contributed by atoms with Crippen LogP contribution in [0.25, 0.3) is 11.1 Å². The van der Waals surface area contributed by atoms with Crippen LogP contribution in [0, 0.1) is 11.3 Å². The molecule has 190 valence electrons. The number of carbonyl (C=O) groups is 1. The summed E-state index contributed by atoms with van der Waals surface area (Å²) in [6.45, 7) is 0.823. The Morgan fingerprint density at radius 1 is 1.50 bits per heavy atom. The molecule has 0 aliphatic carbocycles. The Kier molecular flexibility index (Phi) is 7.25. The van der Waals surface area contributed by atoms with Crippen LogP contribution in [0.5, 0.6) is 5.75 Å². The quantitative estimate of drug-likeness (QED) is 0.324. The number of nitriles is 1. The van der Waals surface area contributed by atoms with E-state index in [9.17, 15) is 20.3 Å². The maximum atomic E-state index is 15.8. The molecule has 0 bridgehead atoms. The average Bonchev–Trinajstić information content (AvgIpc) is 3.52. The van der Waals surface area contributed by atoms with Crippen LogP contribution in [-0.2, 0) is 16.8 Å². The van der Waals surface area contributed by atoms with Crippen molar-refractivity contribution in [3.05, 3.63) is 54.1 Å². The number of likely N-dealkylation sites (tertiary alicyclic amines) is 1. The first-order chi connectivity index (χ1) is 17.3. The lowest BCUT2D eigenvalue weighted by molar-refractivity contribution is -0.0514. The number of anilines is 1. The summed E-state index contributed by atoms with van der Waals surface area (Å²) in [4.78, 5) is 13.8. The number of ether oxygens (including phenoxy) is 1. The highest BCUT2D eigenvalue weighted by Crippen LogP contribution is 2.38. The zero-order valence-corrected chi connectivity index (χ0v) is 19.6. The van der Waals surface area contributed by atoms with Crippen molar-refractivity contribution in [3.63, 3.8) is 0 Å². The summed E-state index contributed by atoms with van der Waals surface area (Å²) in [6, 6.07) is 9.06. The van der Waals surface area contributed by atoms with Gasteiger partial charge in [0.1, 0.15) is 23.0 Å². The average molecular weight is 499 g/mol. The zero-order valence-electron chi connectivity index (χ0n) is 19.6. The number of nitrogens with one attached hydrogen (secondary N) is 1. The number of aromatic hydroxyl groups is 1. The predicted octanol–water partition coefficient (Wildman–Crippen LogP) is 2.13. The molecule has 1 fully saturated rings. The fourth-order valence-electron chi connectivity index (χ4n) is 4.48. The molecule has 0 saturated carbocycles. The number of aliphatic hydroxyl groups is 1. The number of hydrogen-bond acceptors (Lipinski definition) is 9. The Bertz CT molecular complexity index is 1260. The number of aliphatic hydroxyl groups excluding tert-OH is 1. The molecule has 4 rings (SSSR count). The minimum Gasteiger partial charge on any atom is -0.507 e. The lowest BCUT2D eigenvalue weighted by atomic mass is 9.83. The number of phenolic OH excluding ortho intramolecular Hbond substituents is 1. The topological polar surface area (TPSA) is 163 Å². The molecule has 36 heavy (non-hydrogen) atoms. The van der Waals surface area contributed by atoms with Crippen LogP contribution in [-0.4, -0.2) is 63.6 Å². The highest BCUT2D eigenvalue weighted by Gasteiger charge is 2.46. The number of furan rings is 1. The fraction of sp³-hybridized carbons (Fsp3) is 0.375. The number of primary amides is 1. The van der Waals surface area contributed by atoms with Crippen LogP contribution in [0.2, 0.25) is 0 Å². The molecule has 3 heterocycles. The second-order valence-corrected chi connectivity index (χ2v) is 8.69. The first-order valence-electron chi connectivity index (χ1n) is 11.2. The van der Waals surface area contributed by atoms with E-state index in [-0.39, 0.29) is 36.5 Å². The Balaban J connectivity index is 1.54. The van der Waals surface area contributed by atoms with E-state index < -0.39 is 24.0 Å². The summed E-state index contributed by atoms with van der Waals surface area (Å²) in [5.74, 6) is -0.807. The number of rotatable bonds is 9. The van der Waals surface area contributed by atoms with E-state index >= 15 is 4.39 Å². The van der Waals surface area contributed by atoms with Gasteiger partial charge in [0.25, 0.3) is 5.91 Å². The van der Waals surface area contributed by atoms with E-state index in [0.29, 0.717) is 18.7 Å². The minimum atomic E-state index is -1.51. The van der Waals surface area contributed by atoms with Crippen molar-refractivity contribution in [2.24, 2.45) is 5.73 Å². The number of amides is 1. The van der Waals surface area contributed by atoms with Crippen LogP contribution in [0.4, 0.5) is 10.2 Å². The van der Waals surface area contributed by atoms with Gasteiger partial charge in [-0.25, -0.2) is 4.39 Å². The summed E-state index contributed by atoms with van der Waals surface area (Å²) in [5, 5.41) is 36.4. The lowest BCUT2D eigenvalue weighted by Crippen LogP contribution is -2.54. The van der Waals surface area contributed by atoms with Crippen molar-refractivity contribution >= 4 is 11.7 Å². The number of halogens is 1. The van der Waals surface area contributed by atoms with Gasteiger partial charge in [-0.15, -0.1) is 0 Å². The van der Waals surface area contributed by atoms with E-state index in [2.05, 4.69) is 10.4 Å². The molecule has 0 spiro atoms. The molecule has 1 aliphatic rings. The zero-order chi connectivity index (χ0) is 25.9. The fourth-order valence-corrected chi connectivity index (χ4v) is 4.48. The summed E-state index contributed by atoms with van der Waals surface area (Å²) in [5.41, 5.74) is 6.23. The van der Waals surface area contributed by atoms with Gasteiger partial charge in [-0.3, -0.25) is 14.4 Å². The number of piperidine rings is 1. The van der Waals surface area contributed by atoms with E-state index in [1.807, 2.05) is 17.0 Å². The van der Waals surface area contributed by atoms with E-state index in [1.165, 1.54) is 30.5 Å². The van der Waals surface area contributed by atoms with Crippen LogP contribution >= 0.6 is 0 Å². The van der Waals surface area contributed by atoms with Crippen LogP contribution in [0.15, 0.2) is 47.4 Å².